The molecular weight excluding hydrogens is 435 g/mol. The summed E-state index contributed by atoms with van der Waals surface area (Å²) >= 11 is 18.0. The van der Waals surface area contributed by atoms with E-state index in [1.54, 1.807) is 42.5 Å². The Labute approximate surface area is 185 Å². The number of carbonyl (C=O) groups excluding carboxylic acids is 2. The molecule has 29 heavy (non-hydrogen) atoms. The maximum atomic E-state index is 13.0. The summed E-state index contributed by atoms with van der Waals surface area (Å²) in [6, 6.07) is 11.3. The molecule has 2 aromatic carbocycles. The lowest BCUT2D eigenvalue weighted by molar-refractivity contribution is -0.142. The van der Waals surface area contributed by atoms with Crippen LogP contribution in [0.5, 0.6) is 5.75 Å². The minimum Gasteiger partial charge on any atom is -0.484 e. The van der Waals surface area contributed by atoms with Crippen LogP contribution in [0, 0.1) is 0 Å². The number of nitrogens with zero attached hydrogens (tertiary/aromatic N) is 1. The van der Waals surface area contributed by atoms with Crippen molar-refractivity contribution >= 4 is 46.6 Å². The molecule has 0 aliphatic rings. The normalized spacial score (nSPS) is 11.6. The second-order valence-corrected chi connectivity index (χ2v) is 7.59. The van der Waals surface area contributed by atoms with Crippen LogP contribution >= 0.6 is 34.8 Å². The van der Waals surface area contributed by atoms with E-state index in [-0.39, 0.29) is 25.0 Å². The fraction of sp³-hybridized carbons (Fsp3) is 0.333. The highest BCUT2D eigenvalue weighted by Crippen LogP contribution is 2.24. The molecule has 1 N–H and O–H groups in total. The first kappa shape index (κ1) is 23.3. The Balaban J connectivity index is 2.22. The highest BCUT2D eigenvalue weighted by Gasteiger charge is 2.28. The average molecular weight is 458 g/mol. The van der Waals surface area contributed by atoms with E-state index in [1.807, 2.05) is 13.8 Å². The molecule has 0 aliphatic heterocycles. The zero-order valence-corrected chi connectivity index (χ0v) is 18.5. The van der Waals surface area contributed by atoms with Crippen molar-refractivity contribution in [1.29, 1.82) is 0 Å². The number of hydrogen-bond donors (Lipinski definition) is 1. The highest BCUT2D eigenvalue weighted by atomic mass is 35.5. The predicted octanol–water partition coefficient (Wildman–Crippen LogP) is 4.97. The van der Waals surface area contributed by atoms with Crippen LogP contribution in [0.4, 0.5) is 0 Å². The molecule has 0 aromatic heterocycles. The van der Waals surface area contributed by atoms with Gasteiger partial charge in [0.25, 0.3) is 5.91 Å². The molecule has 0 spiro atoms. The molecule has 0 radical (unpaired) electrons. The van der Waals surface area contributed by atoms with Crippen LogP contribution in [-0.2, 0) is 16.1 Å². The summed E-state index contributed by atoms with van der Waals surface area (Å²) in [5, 5.41) is 4.10. The van der Waals surface area contributed by atoms with Gasteiger partial charge in [0.15, 0.2) is 6.61 Å². The van der Waals surface area contributed by atoms with Gasteiger partial charge in [-0.25, -0.2) is 0 Å². The standard InChI is InChI=1S/C21H23Cl3N2O3/c1-3-19(21(28)25-4-2)26(12-14-8-9-17(23)18(24)10-14)20(27)13-29-16-7-5-6-15(22)11-16/h5-11,19H,3-4,12-13H2,1-2H3,(H,25,28)/t19-/m0/s1. The van der Waals surface area contributed by atoms with Crippen molar-refractivity contribution < 1.29 is 14.3 Å². The van der Waals surface area contributed by atoms with Gasteiger partial charge in [0.05, 0.1) is 10.0 Å². The Bertz CT molecular complexity index is 861. The van der Waals surface area contributed by atoms with Gasteiger partial charge in [-0.15, -0.1) is 0 Å². The number of nitrogens with one attached hydrogen (secondary N) is 1. The van der Waals surface area contributed by atoms with Gasteiger partial charge in [0, 0.05) is 18.1 Å². The smallest absolute Gasteiger partial charge is 0.261 e. The Morgan fingerprint density at radius 3 is 2.45 bits per heavy atom. The van der Waals surface area contributed by atoms with Crippen LogP contribution in [0.2, 0.25) is 15.1 Å². The van der Waals surface area contributed by atoms with Gasteiger partial charge in [0.1, 0.15) is 11.8 Å². The van der Waals surface area contributed by atoms with Gasteiger partial charge in [-0.05, 0) is 49.2 Å². The third kappa shape index (κ3) is 6.81. The summed E-state index contributed by atoms with van der Waals surface area (Å²) in [6.07, 6.45) is 0.454. The van der Waals surface area contributed by atoms with Gasteiger partial charge in [-0.1, -0.05) is 53.9 Å². The number of ether oxygens (including phenoxy) is 1. The first-order valence-corrected chi connectivity index (χ1v) is 10.4. The number of amides is 2. The Kier molecular flexibility index (Phi) is 9.08. The first-order valence-electron chi connectivity index (χ1n) is 9.25. The Morgan fingerprint density at radius 1 is 1.07 bits per heavy atom. The quantitative estimate of drug-likeness (QED) is 0.578. The average Bonchev–Trinajstić information content (AvgIpc) is 2.69. The summed E-state index contributed by atoms with van der Waals surface area (Å²) < 4.78 is 5.59. The van der Waals surface area contributed by atoms with Gasteiger partial charge in [-0.3, -0.25) is 9.59 Å². The fourth-order valence-electron chi connectivity index (χ4n) is 2.83. The van der Waals surface area contributed by atoms with Crippen molar-refractivity contribution in [2.75, 3.05) is 13.2 Å². The van der Waals surface area contributed by atoms with E-state index in [0.29, 0.717) is 33.8 Å². The zero-order valence-electron chi connectivity index (χ0n) is 16.3. The fourth-order valence-corrected chi connectivity index (χ4v) is 3.33. The predicted molar refractivity (Wildman–Crippen MR) is 117 cm³/mol. The van der Waals surface area contributed by atoms with E-state index in [4.69, 9.17) is 39.5 Å². The summed E-state index contributed by atoms with van der Waals surface area (Å²) in [4.78, 5) is 27.0. The van der Waals surface area contributed by atoms with Crippen molar-refractivity contribution in [3.8, 4) is 5.75 Å². The van der Waals surface area contributed by atoms with Crippen molar-refractivity contribution in [3.63, 3.8) is 0 Å². The first-order chi connectivity index (χ1) is 13.8. The molecular formula is C21H23Cl3N2O3. The third-order valence-electron chi connectivity index (χ3n) is 4.23. The molecule has 2 amide bonds. The lowest BCUT2D eigenvalue weighted by Gasteiger charge is -2.30. The van der Waals surface area contributed by atoms with Crippen LogP contribution in [0.3, 0.4) is 0 Å². The van der Waals surface area contributed by atoms with E-state index in [9.17, 15) is 9.59 Å². The lowest BCUT2D eigenvalue weighted by atomic mass is 10.1. The number of benzene rings is 2. The second kappa shape index (κ2) is 11.3. The maximum Gasteiger partial charge on any atom is 0.261 e. The minimum absolute atomic E-state index is 0.199. The molecule has 0 heterocycles. The maximum absolute atomic E-state index is 13.0. The largest absolute Gasteiger partial charge is 0.484 e. The molecule has 0 fully saturated rings. The van der Waals surface area contributed by atoms with E-state index in [2.05, 4.69) is 5.32 Å². The molecule has 2 rings (SSSR count). The third-order valence-corrected chi connectivity index (χ3v) is 5.21. The molecule has 8 heteroatoms. The van der Waals surface area contributed by atoms with Crippen LogP contribution in [0.1, 0.15) is 25.8 Å². The monoisotopic (exact) mass is 456 g/mol. The number of carbonyl (C=O) groups is 2. The minimum atomic E-state index is -0.639. The van der Waals surface area contributed by atoms with E-state index in [0.717, 1.165) is 5.56 Å². The Morgan fingerprint density at radius 2 is 1.83 bits per heavy atom. The van der Waals surface area contributed by atoms with Crippen LogP contribution in [0.15, 0.2) is 42.5 Å². The molecule has 0 bridgehead atoms. The number of halogens is 3. The number of hydrogen-bond acceptors (Lipinski definition) is 3. The van der Waals surface area contributed by atoms with Crippen molar-refractivity contribution in [2.45, 2.75) is 32.9 Å². The lowest BCUT2D eigenvalue weighted by Crippen LogP contribution is -2.50. The van der Waals surface area contributed by atoms with Crippen LogP contribution < -0.4 is 10.1 Å². The summed E-state index contributed by atoms with van der Waals surface area (Å²) in [5.74, 6) is -0.0632. The molecule has 0 unspecified atom stereocenters. The van der Waals surface area contributed by atoms with E-state index in [1.165, 1.54) is 4.90 Å². The molecule has 0 aliphatic carbocycles. The van der Waals surface area contributed by atoms with E-state index >= 15 is 0 Å². The molecule has 156 valence electrons. The zero-order chi connectivity index (χ0) is 21.4. The molecule has 0 saturated heterocycles. The highest BCUT2D eigenvalue weighted by molar-refractivity contribution is 6.42. The number of rotatable bonds is 9. The summed E-state index contributed by atoms with van der Waals surface area (Å²) in [6.45, 7) is 4.13. The molecule has 2 aromatic rings. The summed E-state index contributed by atoms with van der Waals surface area (Å²) in [5.41, 5.74) is 0.762. The van der Waals surface area contributed by atoms with Crippen LogP contribution in [-0.4, -0.2) is 35.9 Å². The van der Waals surface area contributed by atoms with Crippen LogP contribution in [0.25, 0.3) is 0 Å². The van der Waals surface area contributed by atoms with E-state index < -0.39 is 6.04 Å². The van der Waals surface area contributed by atoms with Crippen molar-refractivity contribution in [3.05, 3.63) is 63.1 Å². The van der Waals surface area contributed by atoms with Gasteiger partial charge in [-0.2, -0.15) is 0 Å². The second-order valence-electron chi connectivity index (χ2n) is 6.33. The van der Waals surface area contributed by atoms with Gasteiger partial charge >= 0.3 is 0 Å². The van der Waals surface area contributed by atoms with Gasteiger partial charge < -0.3 is 15.0 Å². The van der Waals surface area contributed by atoms with Gasteiger partial charge in [0.2, 0.25) is 5.91 Å². The Hall–Kier alpha value is -1.95. The summed E-state index contributed by atoms with van der Waals surface area (Å²) in [7, 11) is 0. The molecule has 1 atom stereocenters. The topological polar surface area (TPSA) is 58.6 Å². The number of likely N-dealkylation sites (N-methyl/N-ethyl adjacent to an activating group) is 1. The SMILES string of the molecule is CCNC(=O)[C@H](CC)N(Cc1ccc(Cl)c(Cl)c1)C(=O)COc1cccc(Cl)c1. The molecule has 0 saturated carbocycles. The van der Waals surface area contributed by atoms with Crippen molar-refractivity contribution in [2.24, 2.45) is 0 Å². The van der Waals surface area contributed by atoms with Crippen molar-refractivity contribution in [1.82, 2.24) is 10.2 Å². The molecule has 5 nitrogen and oxygen atoms in total.